The monoisotopic (exact) mass is 255 g/mol. The molecule has 0 spiro atoms. The normalized spacial score (nSPS) is 16.8. The Labute approximate surface area is 77.9 Å². The van der Waals surface area contributed by atoms with Crippen molar-refractivity contribution in [1.82, 2.24) is 0 Å². The molecule has 0 aliphatic carbocycles. The maximum absolute atomic E-state index is 5.91. The highest BCUT2D eigenvalue weighted by Crippen LogP contribution is 2.15. The summed E-state index contributed by atoms with van der Waals surface area (Å²) in [6, 6.07) is 0.430. The van der Waals surface area contributed by atoms with Crippen molar-refractivity contribution in [2.45, 2.75) is 39.2 Å². The molecule has 0 aromatic heterocycles. The zero-order valence-corrected chi connectivity index (χ0v) is 9.10. The Kier molecular flexibility index (Phi) is 6.85. The van der Waals surface area contributed by atoms with Gasteiger partial charge in [0.25, 0.3) is 0 Å². The van der Waals surface area contributed by atoms with Crippen LogP contribution in [0.5, 0.6) is 0 Å². The van der Waals surface area contributed by atoms with E-state index in [0.717, 1.165) is 12.3 Å². The summed E-state index contributed by atoms with van der Waals surface area (Å²) in [5.74, 6) is 0.752. The molecule has 0 heterocycles. The van der Waals surface area contributed by atoms with Crippen LogP contribution in [0.3, 0.4) is 0 Å². The van der Waals surface area contributed by atoms with E-state index in [1.54, 1.807) is 0 Å². The fourth-order valence-electron chi connectivity index (χ4n) is 1.19. The van der Waals surface area contributed by atoms with E-state index in [1.807, 2.05) is 0 Å². The lowest BCUT2D eigenvalue weighted by molar-refractivity contribution is 0.392. The summed E-state index contributed by atoms with van der Waals surface area (Å²) in [7, 11) is 0. The Morgan fingerprint density at radius 1 is 1.30 bits per heavy atom. The molecule has 0 saturated heterocycles. The van der Waals surface area contributed by atoms with Crippen molar-refractivity contribution in [1.29, 1.82) is 0 Å². The van der Waals surface area contributed by atoms with E-state index >= 15 is 0 Å². The Morgan fingerprint density at radius 2 is 1.90 bits per heavy atom. The highest BCUT2D eigenvalue weighted by atomic mass is 127. The Hall–Kier alpha value is 0.690. The van der Waals surface area contributed by atoms with Gasteiger partial charge in [0, 0.05) is 6.04 Å². The average molecular weight is 255 g/mol. The molecule has 62 valence electrons. The lowest BCUT2D eigenvalue weighted by Crippen LogP contribution is -2.29. The third-order valence-corrected chi connectivity index (χ3v) is 2.70. The van der Waals surface area contributed by atoms with Crippen molar-refractivity contribution in [2.24, 2.45) is 11.7 Å². The van der Waals surface area contributed by atoms with E-state index < -0.39 is 0 Å². The predicted octanol–water partition coefficient (Wildman–Crippen LogP) is 2.58. The second kappa shape index (κ2) is 6.40. The molecule has 0 rings (SSSR count). The zero-order chi connectivity index (χ0) is 7.98. The molecular weight excluding hydrogens is 237 g/mol. The molecule has 0 aliphatic heterocycles. The molecule has 0 aliphatic rings. The third-order valence-electron chi connectivity index (χ3n) is 2.08. The van der Waals surface area contributed by atoms with Crippen LogP contribution >= 0.6 is 22.6 Å². The molecule has 0 radical (unpaired) electrons. The van der Waals surface area contributed by atoms with Crippen LogP contribution in [0, 0.1) is 5.92 Å². The van der Waals surface area contributed by atoms with Gasteiger partial charge in [0.15, 0.2) is 0 Å². The number of halogens is 1. The van der Waals surface area contributed by atoms with Crippen molar-refractivity contribution < 1.29 is 0 Å². The van der Waals surface area contributed by atoms with Gasteiger partial charge in [-0.05, 0) is 23.2 Å². The maximum Gasteiger partial charge on any atom is 0.00647 e. The van der Waals surface area contributed by atoms with Gasteiger partial charge in [0.2, 0.25) is 0 Å². The van der Waals surface area contributed by atoms with Crippen LogP contribution in [-0.2, 0) is 0 Å². The first-order valence-electron chi connectivity index (χ1n) is 4.07. The number of alkyl halides is 1. The topological polar surface area (TPSA) is 26.0 Å². The number of hydrogen-bond acceptors (Lipinski definition) is 1. The van der Waals surface area contributed by atoms with Crippen LogP contribution in [0.15, 0.2) is 0 Å². The van der Waals surface area contributed by atoms with Crippen molar-refractivity contribution in [3.05, 3.63) is 0 Å². The summed E-state index contributed by atoms with van der Waals surface area (Å²) in [5.41, 5.74) is 5.91. The van der Waals surface area contributed by atoms with Crippen molar-refractivity contribution in [2.75, 3.05) is 4.43 Å². The van der Waals surface area contributed by atoms with Crippen LogP contribution in [0.4, 0.5) is 0 Å². The first-order valence-corrected chi connectivity index (χ1v) is 5.60. The molecule has 10 heavy (non-hydrogen) atoms. The summed E-state index contributed by atoms with van der Waals surface area (Å²) in [5, 5.41) is 0. The highest BCUT2D eigenvalue weighted by molar-refractivity contribution is 14.1. The lowest BCUT2D eigenvalue weighted by atomic mass is 9.93. The first-order chi connectivity index (χ1) is 4.76. The van der Waals surface area contributed by atoms with Gasteiger partial charge in [0.05, 0.1) is 0 Å². The molecule has 2 unspecified atom stereocenters. The van der Waals surface area contributed by atoms with Crippen LogP contribution in [0.1, 0.15) is 33.1 Å². The molecule has 0 fully saturated rings. The molecule has 0 bridgehead atoms. The van der Waals surface area contributed by atoms with E-state index in [2.05, 4.69) is 36.4 Å². The zero-order valence-electron chi connectivity index (χ0n) is 6.94. The fourth-order valence-corrected chi connectivity index (χ4v) is 1.99. The van der Waals surface area contributed by atoms with Gasteiger partial charge >= 0.3 is 0 Å². The van der Waals surface area contributed by atoms with Gasteiger partial charge in [-0.25, -0.2) is 0 Å². The van der Waals surface area contributed by atoms with Gasteiger partial charge < -0.3 is 5.73 Å². The van der Waals surface area contributed by atoms with E-state index in [1.165, 1.54) is 17.3 Å². The summed E-state index contributed by atoms with van der Waals surface area (Å²) < 4.78 is 1.24. The molecule has 2 heteroatoms. The van der Waals surface area contributed by atoms with Crippen LogP contribution in [0.25, 0.3) is 0 Å². The lowest BCUT2D eigenvalue weighted by Gasteiger charge is -2.19. The summed E-state index contributed by atoms with van der Waals surface area (Å²) in [6.07, 6.45) is 3.64. The van der Waals surface area contributed by atoms with Gasteiger partial charge in [0.1, 0.15) is 0 Å². The molecule has 0 aromatic rings. The number of nitrogens with two attached hydrogens (primary N) is 1. The molecule has 1 nitrogen and oxygen atoms in total. The van der Waals surface area contributed by atoms with Crippen molar-refractivity contribution >= 4 is 22.6 Å². The largest absolute Gasteiger partial charge is 0.327 e. The van der Waals surface area contributed by atoms with Gasteiger partial charge in [-0.3, -0.25) is 0 Å². The van der Waals surface area contributed by atoms with Crippen LogP contribution in [0.2, 0.25) is 0 Å². The highest BCUT2D eigenvalue weighted by Gasteiger charge is 2.12. The summed E-state index contributed by atoms with van der Waals surface area (Å²) in [4.78, 5) is 0. The van der Waals surface area contributed by atoms with Crippen molar-refractivity contribution in [3.63, 3.8) is 0 Å². The van der Waals surface area contributed by atoms with E-state index in [9.17, 15) is 0 Å². The van der Waals surface area contributed by atoms with Crippen LogP contribution in [-0.4, -0.2) is 10.5 Å². The SMILES string of the molecule is CCC(N)C(CC)CCI. The summed E-state index contributed by atoms with van der Waals surface area (Å²) >= 11 is 2.42. The maximum atomic E-state index is 5.91. The summed E-state index contributed by atoms with van der Waals surface area (Å²) in [6.45, 7) is 4.40. The van der Waals surface area contributed by atoms with E-state index in [-0.39, 0.29) is 0 Å². The molecule has 0 saturated carbocycles. The molecule has 0 aromatic carbocycles. The minimum absolute atomic E-state index is 0.430. The Morgan fingerprint density at radius 3 is 2.20 bits per heavy atom. The van der Waals surface area contributed by atoms with E-state index in [0.29, 0.717) is 6.04 Å². The molecular formula is C8H18IN. The first kappa shape index (κ1) is 10.7. The molecule has 2 atom stereocenters. The molecule has 0 amide bonds. The third kappa shape index (κ3) is 3.76. The Bertz CT molecular complexity index is 75.7. The van der Waals surface area contributed by atoms with Crippen molar-refractivity contribution in [3.8, 4) is 0 Å². The fraction of sp³-hybridized carbons (Fsp3) is 1.00. The van der Waals surface area contributed by atoms with Gasteiger partial charge in [-0.2, -0.15) is 0 Å². The minimum atomic E-state index is 0.430. The predicted molar refractivity (Wildman–Crippen MR) is 55.6 cm³/mol. The quantitative estimate of drug-likeness (QED) is 0.593. The number of hydrogen-bond donors (Lipinski definition) is 1. The Balaban J connectivity index is 3.56. The van der Waals surface area contributed by atoms with Crippen LogP contribution < -0.4 is 5.73 Å². The van der Waals surface area contributed by atoms with Gasteiger partial charge in [-0.15, -0.1) is 0 Å². The second-order valence-corrected chi connectivity index (χ2v) is 3.80. The second-order valence-electron chi connectivity index (χ2n) is 2.72. The number of rotatable bonds is 5. The standard InChI is InChI=1S/C8H18IN/c1-3-7(5-6-9)8(10)4-2/h7-8H,3-6,10H2,1-2H3. The van der Waals surface area contributed by atoms with Gasteiger partial charge in [-0.1, -0.05) is 42.9 Å². The average Bonchev–Trinajstić information content (AvgIpc) is 1.99. The molecule has 2 N–H and O–H groups in total. The smallest absolute Gasteiger partial charge is 0.00647 e. The minimum Gasteiger partial charge on any atom is -0.327 e. The van der Waals surface area contributed by atoms with E-state index in [4.69, 9.17) is 5.73 Å².